The number of hydrogen-bond acceptors (Lipinski definition) is 5. The van der Waals surface area contributed by atoms with E-state index in [-0.39, 0.29) is 17.9 Å². The van der Waals surface area contributed by atoms with Crippen LogP contribution in [-0.2, 0) is 4.79 Å². The van der Waals surface area contributed by atoms with Gasteiger partial charge < -0.3 is 10.2 Å². The van der Waals surface area contributed by atoms with Crippen LogP contribution in [0.2, 0.25) is 0 Å². The summed E-state index contributed by atoms with van der Waals surface area (Å²) < 4.78 is 0. The van der Waals surface area contributed by atoms with Crippen molar-refractivity contribution in [2.24, 2.45) is 5.92 Å². The molecule has 3 heterocycles. The number of likely N-dealkylation sites (tertiary alicyclic amines) is 1. The summed E-state index contributed by atoms with van der Waals surface area (Å²) >= 11 is 0. The van der Waals surface area contributed by atoms with E-state index in [1.807, 2.05) is 56.9 Å². The lowest BCUT2D eigenvalue weighted by Gasteiger charge is -2.36. The first-order chi connectivity index (χ1) is 12.4. The molecule has 2 aromatic heterocycles. The second-order valence-electron chi connectivity index (χ2n) is 7.21. The van der Waals surface area contributed by atoms with Crippen molar-refractivity contribution in [3.8, 4) is 0 Å². The Morgan fingerprint density at radius 2 is 1.96 bits per heavy atom. The maximum atomic E-state index is 12.6. The maximum absolute atomic E-state index is 12.6. The molecule has 0 aromatic carbocycles. The Labute approximate surface area is 155 Å². The van der Waals surface area contributed by atoms with E-state index in [4.69, 9.17) is 0 Å². The summed E-state index contributed by atoms with van der Waals surface area (Å²) in [7, 11) is 0. The van der Waals surface area contributed by atoms with Gasteiger partial charge in [0.05, 0.1) is 11.7 Å². The highest BCUT2D eigenvalue weighted by atomic mass is 16.2. The lowest BCUT2D eigenvalue weighted by Crippen LogP contribution is -2.41. The molecule has 0 bridgehead atoms. The highest BCUT2D eigenvalue weighted by molar-refractivity contribution is 5.78. The molecule has 0 aliphatic carbocycles. The average molecular weight is 353 g/mol. The Hall–Kier alpha value is -2.50. The molecule has 6 nitrogen and oxygen atoms in total. The molecule has 1 N–H and O–H groups in total. The van der Waals surface area contributed by atoms with Gasteiger partial charge in [-0.05, 0) is 45.2 Å². The summed E-state index contributed by atoms with van der Waals surface area (Å²) in [5.41, 5.74) is 1.85. The third kappa shape index (κ3) is 4.18. The SMILES string of the molecule is Cc1cccc(Nc2cc(C3CCCCN3C(=O)C(C)C)nc(C)n2)n1. The van der Waals surface area contributed by atoms with Crippen molar-refractivity contribution in [3.05, 3.63) is 41.5 Å². The zero-order valence-corrected chi connectivity index (χ0v) is 16.0. The van der Waals surface area contributed by atoms with E-state index >= 15 is 0 Å². The van der Waals surface area contributed by atoms with Gasteiger partial charge in [0, 0.05) is 24.2 Å². The van der Waals surface area contributed by atoms with Gasteiger partial charge in [-0.3, -0.25) is 4.79 Å². The first-order valence-electron chi connectivity index (χ1n) is 9.31. The number of nitrogens with one attached hydrogen (secondary N) is 1. The van der Waals surface area contributed by atoms with Crippen molar-refractivity contribution in [3.63, 3.8) is 0 Å². The van der Waals surface area contributed by atoms with Gasteiger partial charge in [0.25, 0.3) is 0 Å². The number of aryl methyl sites for hydroxylation is 2. The number of hydrogen-bond donors (Lipinski definition) is 1. The molecule has 1 fully saturated rings. The summed E-state index contributed by atoms with van der Waals surface area (Å²) in [6, 6.07) is 7.81. The van der Waals surface area contributed by atoms with Crippen LogP contribution in [-0.4, -0.2) is 32.3 Å². The van der Waals surface area contributed by atoms with Crippen LogP contribution < -0.4 is 5.32 Å². The van der Waals surface area contributed by atoms with Crippen molar-refractivity contribution in [1.29, 1.82) is 0 Å². The molecule has 0 spiro atoms. The Kier molecular flexibility index (Phi) is 5.49. The summed E-state index contributed by atoms with van der Waals surface area (Å²) in [6.07, 6.45) is 3.10. The lowest BCUT2D eigenvalue weighted by atomic mass is 9.97. The van der Waals surface area contributed by atoms with Crippen LogP contribution in [0.25, 0.3) is 0 Å². The number of carbonyl (C=O) groups is 1. The smallest absolute Gasteiger partial charge is 0.225 e. The number of nitrogens with zero attached hydrogens (tertiary/aromatic N) is 4. The number of aromatic nitrogens is 3. The quantitative estimate of drug-likeness (QED) is 0.901. The molecule has 0 radical (unpaired) electrons. The second kappa shape index (κ2) is 7.81. The number of rotatable bonds is 4. The third-order valence-corrected chi connectivity index (χ3v) is 4.62. The lowest BCUT2D eigenvalue weighted by molar-refractivity contribution is -0.138. The molecule has 1 aliphatic heterocycles. The van der Waals surface area contributed by atoms with E-state index in [2.05, 4.69) is 20.3 Å². The van der Waals surface area contributed by atoms with Crippen molar-refractivity contribution < 1.29 is 4.79 Å². The van der Waals surface area contributed by atoms with Gasteiger partial charge in [-0.15, -0.1) is 0 Å². The fourth-order valence-electron chi connectivity index (χ4n) is 3.40. The largest absolute Gasteiger partial charge is 0.334 e. The van der Waals surface area contributed by atoms with Gasteiger partial charge >= 0.3 is 0 Å². The number of pyridine rings is 1. The van der Waals surface area contributed by atoms with E-state index < -0.39 is 0 Å². The molecule has 138 valence electrons. The van der Waals surface area contributed by atoms with Gasteiger partial charge in [0.1, 0.15) is 17.5 Å². The Morgan fingerprint density at radius 3 is 2.69 bits per heavy atom. The monoisotopic (exact) mass is 353 g/mol. The van der Waals surface area contributed by atoms with Gasteiger partial charge in [0.15, 0.2) is 0 Å². The molecule has 2 aromatic rings. The molecule has 0 saturated carbocycles. The highest BCUT2D eigenvalue weighted by Gasteiger charge is 2.30. The molecule has 6 heteroatoms. The second-order valence-corrected chi connectivity index (χ2v) is 7.21. The zero-order valence-electron chi connectivity index (χ0n) is 16.0. The van der Waals surface area contributed by atoms with Gasteiger partial charge in [0.2, 0.25) is 5.91 Å². The van der Waals surface area contributed by atoms with Crippen LogP contribution in [0, 0.1) is 19.8 Å². The van der Waals surface area contributed by atoms with E-state index in [0.29, 0.717) is 11.6 Å². The van der Waals surface area contributed by atoms with Crippen molar-refractivity contribution in [1.82, 2.24) is 19.9 Å². The fraction of sp³-hybridized carbons (Fsp3) is 0.500. The van der Waals surface area contributed by atoms with E-state index in [0.717, 1.165) is 43.0 Å². The predicted molar refractivity (Wildman–Crippen MR) is 102 cm³/mol. The van der Waals surface area contributed by atoms with E-state index in [9.17, 15) is 4.79 Å². The normalized spacial score (nSPS) is 17.4. The Morgan fingerprint density at radius 1 is 1.15 bits per heavy atom. The molecule has 1 atom stereocenters. The fourth-order valence-corrected chi connectivity index (χ4v) is 3.40. The van der Waals surface area contributed by atoms with Gasteiger partial charge in [-0.2, -0.15) is 0 Å². The minimum absolute atomic E-state index is 0.00683. The number of amides is 1. The molecule has 1 unspecified atom stereocenters. The Balaban J connectivity index is 1.89. The summed E-state index contributed by atoms with van der Waals surface area (Å²) in [6.45, 7) is 8.55. The minimum Gasteiger partial charge on any atom is -0.334 e. The van der Waals surface area contributed by atoms with Crippen molar-refractivity contribution >= 4 is 17.5 Å². The zero-order chi connectivity index (χ0) is 18.7. The third-order valence-electron chi connectivity index (χ3n) is 4.62. The van der Waals surface area contributed by atoms with E-state index in [1.165, 1.54) is 0 Å². The van der Waals surface area contributed by atoms with Crippen molar-refractivity contribution in [2.45, 2.75) is 53.0 Å². The van der Waals surface area contributed by atoms with Crippen LogP contribution in [0.1, 0.15) is 56.4 Å². The van der Waals surface area contributed by atoms with E-state index in [1.54, 1.807) is 0 Å². The molecule has 1 saturated heterocycles. The molecular weight excluding hydrogens is 326 g/mol. The molecule has 26 heavy (non-hydrogen) atoms. The molecule has 1 amide bonds. The summed E-state index contributed by atoms with van der Waals surface area (Å²) in [5, 5.41) is 3.27. The minimum atomic E-state index is -0.00683. The maximum Gasteiger partial charge on any atom is 0.225 e. The van der Waals surface area contributed by atoms with Crippen LogP contribution in [0.3, 0.4) is 0 Å². The highest BCUT2D eigenvalue weighted by Crippen LogP contribution is 2.32. The number of piperidine rings is 1. The first-order valence-corrected chi connectivity index (χ1v) is 9.31. The first kappa shape index (κ1) is 18.3. The van der Waals surface area contributed by atoms with Crippen LogP contribution >= 0.6 is 0 Å². The molecule has 3 rings (SSSR count). The van der Waals surface area contributed by atoms with Crippen LogP contribution in [0.5, 0.6) is 0 Å². The van der Waals surface area contributed by atoms with Crippen LogP contribution in [0.15, 0.2) is 24.3 Å². The summed E-state index contributed by atoms with van der Waals surface area (Å²) in [4.78, 5) is 28.2. The predicted octanol–water partition coefficient (Wildman–Crippen LogP) is 3.94. The van der Waals surface area contributed by atoms with Crippen LogP contribution in [0.4, 0.5) is 11.6 Å². The average Bonchev–Trinajstić information content (AvgIpc) is 2.60. The standard InChI is InChI=1S/C20H27N5O/c1-13(2)20(26)25-11-6-5-9-17(25)16-12-19(23-15(4)22-16)24-18-10-7-8-14(3)21-18/h7-8,10,12-13,17H,5-6,9,11H2,1-4H3,(H,21,22,23,24). The molecule has 1 aliphatic rings. The topological polar surface area (TPSA) is 71.0 Å². The number of anilines is 2. The van der Waals surface area contributed by atoms with Gasteiger partial charge in [-0.25, -0.2) is 15.0 Å². The Bertz CT molecular complexity index is 790. The van der Waals surface area contributed by atoms with Gasteiger partial charge in [-0.1, -0.05) is 19.9 Å². The molecular formula is C20H27N5O. The van der Waals surface area contributed by atoms with Crippen molar-refractivity contribution in [2.75, 3.05) is 11.9 Å². The summed E-state index contributed by atoms with van der Waals surface area (Å²) in [5.74, 6) is 2.36. The number of carbonyl (C=O) groups excluding carboxylic acids is 1.